The van der Waals surface area contributed by atoms with E-state index in [1.54, 1.807) is 0 Å². The normalized spacial score (nSPS) is 13.8. The van der Waals surface area contributed by atoms with E-state index in [0.29, 0.717) is 6.54 Å². The Morgan fingerprint density at radius 3 is 1.77 bits per heavy atom. The highest BCUT2D eigenvalue weighted by molar-refractivity contribution is 6.12. The summed E-state index contributed by atoms with van der Waals surface area (Å²) in [5.74, 6) is 0. The van der Waals surface area contributed by atoms with Crippen molar-refractivity contribution in [3.05, 3.63) is 178 Å². The van der Waals surface area contributed by atoms with Gasteiger partial charge in [0.15, 0.2) is 0 Å². The zero-order chi connectivity index (χ0) is 34.2. The van der Waals surface area contributed by atoms with E-state index in [1.165, 1.54) is 50.1 Å². The summed E-state index contributed by atoms with van der Waals surface area (Å²) in [5.41, 5.74) is 13.8. The molecule has 1 aliphatic carbocycles. The van der Waals surface area contributed by atoms with Gasteiger partial charge in [-0.05, 0) is 95.4 Å². The Labute approximate surface area is 286 Å². The van der Waals surface area contributed by atoms with Crippen LogP contribution in [0.15, 0.2) is 150 Å². The maximum absolute atomic E-state index is 5.08. The first kappa shape index (κ1) is 37.0. The minimum absolute atomic E-state index is 0.107. The summed E-state index contributed by atoms with van der Waals surface area (Å²) < 4.78 is 0. The second kappa shape index (κ2) is 18.6. The molecular weight excluding hydrogens is 567 g/mol. The molecule has 0 N–H and O–H groups in total. The average molecular weight is 622 g/mol. The van der Waals surface area contributed by atoms with Crippen molar-refractivity contribution in [1.29, 1.82) is 0 Å². The molecule has 0 heterocycles. The molecule has 0 amide bonds. The van der Waals surface area contributed by atoms with E-state index in [0.717, 1.165) is 24.1 Å². The molecule has 0 unspecified atom stereocenters. The lowest BCUT2D eigenvalue weighted by molar-refractivity contribution is 0.640. The van der Waals surface area contributed by atoms with E-state index >= 15 is 0 Å². The van der Waals surface area contributed by atoms with E-state index in [1.807, 2.05) is 27.7 Å². The summed E-state index contributed by atoms with van der Waals surface area (Å²) >= 11 is 0. The predicted octanol–water partition coefficient (Wildman–Crippen LogP) is 13.2. The second-order valence-electron chi connectivity index (χ2n) is 12.0. The van der Waals surface area contributed by atoms with Gasteiger partial charge in [-0.2, -0.15) is 0 Å². The summed E-state index contributed by atoms with van der Waals surface area (Å²) in [7, 11) is 0. The van der Waals surface area contributed by atoms with Crippen LogP contribution >= 0.6 is 0 Å². The molecule has 4 aromatic rings. The van der Waals surface area contributed by atoms with E-state index in [2.05, 4.69) is 168 Å². The van der Waals surface area contributed by atoms with Gasteiger partial charge in [-0.1, -0.05) is 169 Å². The Kier molecular flexibility index (Phi) is 14.6. The third-order valence-electron chi connectivity index (χ3n) is 8.70. The van der Waals surface area contributed by atoms with Crippen LogP contribution in [0.3, 0.4) is 0 Å². The first-order chi connectivity index (χ1) is 22.9. The first-order valence-corrected chi connectivity index (χ1v) is 17.4. The van der Waals surface area contributed by atoms with E-state index in [4.69, 9.17) is 4.99 Å². The fourth-order valence-corrected chi connectivity index (χ4v) is 5.90. The van der Waals surface area contributed by atoms with Crippen molar-refractivity contribution in [3.8, 4) is 0 Å². The molecule has 5 rings (SSSR count). The lowest BCUT2D eigenvalue weighted by Gasteiger charge is -2.27. The van der Waals surface area contributed by atoms with Crippen molar-refractivity contribution in [3.63, 3.8) is 0 Å². The molecule has 4 aromatic carbocycles. The Bertz CT molecular complexity index is 1670. The summed E-state index contributed by atoms with van der Waals surface area (Å²) in [6.07, 6.45) is 11.2. The van der Waals surface area contributed by atoms with Crippen molar-refractivity contribution in [2.75, 3.05) is 0 Å². The van der Waals surface area contributed by atoms with Gasteiger partial charge in [-0.25, -0.2) is 0 Å². The molecule has 1 aliphatic rings. The van der Waals surface area contributed by atoms with Crippen LogP contribution < -0.4 is 0 Å². The van der Waals surface area contributed by atoms with Crippen LogP contribution in [0.4, 0.5) is 0 Å². The van der Waals surface area contributed by atoms with Gasteiger partial charge in [0.2, 0.25) is 0 Å². The van der Waals surface area contributed by atoms with Crippen LogP contribution in [-0.2, 0) is 12.0 Å². The number of nitrogens with zero attached hydrogens (tertiary/aromatic N) is 1. The van der Waals surface area contributed by atoms with Crippen molar-refractivity contribution in [2.24, 2.45) is 4.99 Å². The standard InChI is InChI=1S/C42H43N.2C2H6/c1-6-39(40-20-14-13-15-31(40)2)35-23-27-38(28-24-35)42(4,5)37-25-21-33(22-26-37)30-43-41(36-18-11-8-12-19-36)29-32(3)34-16-9-7-10-17-34;2*1-2/h6-13,15-19,21-29H,14,20,30H2,1-5H3;2*1-2H3/b32-29+,39-6-,43-41?;;. The van der Waals surface area contributed by atoms with Gasteiger partial charge in [0.05, 0.1) is 12.3 Å². The number of allylic oxidation sites excluding steroid dienone is 8. The molecular formula is C46H55N. The van der Waals surface area contributed by atoms with Crippen LogP contribution in [0.2, 0.25) is 0 Å². The van der Waals surface area contributed by atoms with Gasteiger partial charge < -0.3 is 0 Å². The highest BCUT2D eigenvalue weighted by atomic mass is 14.7. The summed E-state index contributed by atoms with van der Waals surface area (Å²) in [6, 6.07) is 39.2. The molecule has 0 saturated heterocycles. The molecule has 0 radical (unpaired) electrons. The largest absolute Gasteiger partial charge is 0.280 e. The monoisotopic (exact) mass is 621 g/mol. The molecule has 244 valence electrons. The second-order valence-corrected chi connectivity index (χ2v) is 12.0. The topological polar surface area (TPSA) is 12.4 Å². The minimum atomic E-state index is -0.107. The number of benzene rings is 4. The van der Waals surface area contributed by atoms with Crippen LogP contribution in [0.1, 0.15) is 109 Å². The highest BCUT2D eigenvalue weighted by Gasteiger charge is 2.23. The molecule has 0 atom stereocenters. The molecule has 0 aliphatic heterocycles. The maximum Gasteiger partial charge on any atom is 0.0653 e. The van der Waals surface area contributed by atoms with Crippen LogP contribution in [0.25, 0.3) is 11.1 Å². The van der Waals surface area contributed by atoms with Crippen molar-refractivity contribution >= 4 is 16.9 Å². The Morgan fingerprint density at radius 1 is 0.702 bits per heavy atom. The van der Waals surface area contributed by atoms with E-state index < -0.39 is 0 Å². The third kappa shape index (κ3) is 9.75. The molecule has 1 nitrogen and oxygen atoms in total. The van der Waals surface area contributed by atoms with Crippen LogP contribution in [0, 0.1) is 0 Å². The van der Waals surface area contributed by atoms with Gasteiger partial charge in [0.1, 0.15) is 0 Å². The fourth-order valence-electron chi connectivity index (χ4n) is 5.90. The number of rotatable bonds is 9. The van der Waals surface area contributed by atoms with Gasteiger partial charge >= 0.3 is 0 Å². The van der Waals surface area contributed by atoms with Gasteiger partial charge in [0.25, 0.3) is 0 Å². The molecule has 0 aromatic heterocycles. The maximum atomic E-state index is 5.08. The predicted molar refractivity (Wildman–Crippen MR) is 209 cm³/mol. The van der Waals surface area contributed by atoms with Crippen LogP contribution in [0.5, 0.6) is 0 Å². The van der Waals surface area contributed by atoms with Gasteiger partial charge in [-0.15, -0.1) is 0 Å². The summed E-state index contributed by atoms with van der Waals surface area (Å²) in [4.78, 5) is 5.08. The zero-order valence-corrected chi connectivity index (χ0v) is 30.3. The number of hydrogen-bond acceptors (Lipinski definition) is 1. The SMILES string of the molecule is C/C=C(\C1=C(C)C=CCC1)c1ccc(C(C)(C)c2ccc(CN=C(/C=C(\C)c3ccccc3)c3ccccc3)cc2)cc1.CC.CC. The smallest absolute Gasteiger partial charge is 0.0653 e. The van der Waals surface area contributed by atoms with Crippen molar-refractivity contribution in [2.45, 2.75) is 87.1 Å². The quantitative estimate of drug-likeness (QED) is 0.165. The number of aliphatic imine (C=N–C) groups is 1. The molecule has 0 spiro atoms. The fraction of sp³-hybridized carbons (Fsp3) is 0.283. The molecule has 0 bridgehead atoms. The highest BCUT2D eigenvalue weighted by Crippen LogP contribution is 2.35. The minimum Gasteiger partial charge on any atom is -0.280 e. The van der Waals surface area contributed by atoms with Gasteiger partial charge in [-0.3, -0.25) is 4.99 Å². The number of hydrogen-bond donors (Lipinski definition) is 0. The molecule has 0 fully saturated rings. The molecule has 1 heteroatoms. The van der Waals surface area contributed by atoms with Crippen molar-refractivity contribution < 1.29 is 0 Å². The summed E-state index contributed by atoms with van der Waals surface area (Å²) in [5, 5.41) is 0. The van der Waals surface area contributed by atoms with E-state index in [-0.39, 0.29) is 5.41 Å². The van der Waals surface area contributed by atoms with E-state index in [9.17, 15) is 0 Å². The molecule has 0 saturated carbocycles. The van der Waals surface area contributed by atoms with Gasteiger partial charge in [0, 0.05) is 5.41 Å². The van der Waals surface area contributed by atoms with Crippen molar-refractivity contribution in [1.82, 2.24) is 0 Å². The zero-order valence-electron chi connectivity index (χ0n) is 30.3. The lowest BCUT2D eigenvalue weighted by Crippen LogP contribution is -2.18. The Morgan fingerprint density at radius 2 is 1.23 bits per heavy atom. The molecule has 47 heavy (non-hydrogen) atoms. The first-order valence-electron chi connectivity index (χ1n) is 17.4. The average Bonchev–Trinajstić information content (AvgIpc) is 3.14. The lowest BCUT2D eigenvalue weighted by atomic mass is 9.77. The Balaban J connectivity index is 0.00000144. The van der Waals surface area contributed by atoms with Crippen LogP contribution in [-0.4, -0.2) is 5.71 Å². The third-order valence-corrected chi connectivity index (χ3v) is 8.70. The summed E-state index contributed by atoms with van der Waals surface area (Å²) in [6.45, 7) is 19.8. The Hall–Kier alpha value is -4.49.